The van der Waals surface area contributed by atoms with Gasteiger partial charge in [-0.15, -0.1) is 0 Å². The SMILES string of the molecule is CCOC(=O)C1CCN(CC(=O)c2ccc(OCC)c(N)c2)CC1. The molecule has 6 nitrogen and oxygen atoms in total. The fourth-order valence-electron chi connectivity index (χ4n) is 2.89. The minimum absolute atomic E-state index is 0.0272. The summed E-state index contributed by atoms with van der Waals surface area (Å²) < 4.78 is 10.4. The first-order valence-electron chi connectivity index (χ1n) is 8.49. The van der Waals surface area contributed by atoms with Gasteiger partial charge in [0, 0.05) is 5.56 Å². The third-order valence-electron chi connectivity index (χ3n) is 4.21. The van der Waals surface area contributed by atoms with Gasteiger partial charge in [0.15, 0.2) is 5.78 Å². The van der Waals surface area contributed by atoms with Crippen LogP contribution in [0.25, 0.3) is 0 Å². The quantitative estimate of drug-likeness (QED) is 0.467. The van der Waals surface area contributed by atoms with E-state index in [1.165, 1.54) is 0 Å². The van der Waals surface area contributed by atoms with Crippen LogP contribution in [0.1, 0.15) is 37.0 Å². The molecule has 24 heavy (non-hydrogen) atoms. The van der Waals surface area contributed by atoms with E-state index >= 15 is 0 Å². The Labute approximate surface area is 142 Å². The van der Waals surface area contributed by atoms with Gasteiger partial charge in [0.2, 0.25) is 0 Å². The highest BCUT2D eigenvalue weighted by Crippen LogP contribution is 2.23. The summed E-state index contributed by atoms with van der Waals surface area (Å²) in [5.74, 6) is 0.462. The van der Waals surface area contributed by atoms with Crippen LogP contribution in [0.5, 0.6) is 5.75 Å². The number of hydrogen-bond acceptors (Lipinski definition) is 6. The second-order valence-corrected chi connectivity index (χ2v) is 5.91. The van der Waals surface area contributed by atoms with Crippen molar-refractivity contribution in [2.24, 2.45) is 5.92 Å². The molecule has 1 fully saturated rings. The maximum atomic E-state index is 12.4. The molecule has 0 radical (unpaired) electrons. The lowest BCUT2D eigenvalue weighted by molar-refractivity contribution is -0.149. The topological polar surface area (TPSA) is 81.9 Å². The molecule has 0 aromatic heterocycles. The molecule has 0 spiro atoms. The van der Waals surface area contributed by atoms with Gasteiger partial charge < -0.3 is 15.2 Å². The number of carbonyl (C=O) groups is 2. The lowest BCUT2D eigenvalue weighted by atomic mass is 9.96. The smallest absolute Gasteiger partial charge is 0.309 e. The van der Waals surface area contributed by atoms with E-state index < -0.39 is 0 Å². The highest BCUT2D eigenvalue weighted by Gasteiger charge is 2.27. The number of benzene rings is 1. The van der Waals surface area contributed by atoms with Gasteiger partial charge in [-0.05, 0) is 58.0 Å². The second-order valence-electron chi connectivity index (χ2n) is 5.91. The van der Waals surface area contributed by atoms with Crippen LogP contribution in [0.15, 0.2) is 18.2 Å². The van der Waals surface area contributed by atoms with E-state index in [1.807, 2.05) is 13.8 Å². The molecule has 0 atom stereocenters. The van der Waals surface area contributed by atoms with E-state index in [9.17, 15) is 9.59 Å². The zero-order valence-corrected chi connectivity index (χ0v) is 14.4. The number of ketones is 1. The van der Waals surface area contributed by atoms with E-state index in [0.29, 0.717) is 36.8 Å². The van der Waals surface area contributed by atoms with Gasteiger partial charge >= 0.3 is 5.97 Å². The van der Waals surface area contributed by atoms with Crippen LogP contribution >= 0.6 is 0 Å². The Morgan fingerprint density at radius 3 is 2.50 bits per heavy atom. The van der Waals surface area contributed by atoms with Crippen LogP contribution in [0.3, 0.4) is 0 Å². The molecule has 2 rings (SSSR count). The lowest BCUT2D eigenvalue weighted by Gasteiger charge is -2.30. The third kappa shape index (κ3) is 4.71. The zero-order chi connectivity index (χ0) is 17.5. The van der Waals surface area contributed by atoms with Crippen molar-refractivity contribution in [2.45, 2.75) is 26.7 Å². The summed E-state index contributed by atoms with van der Waals surface area (Å²) in [5.41, 5.74) is 6.98. The predicted molar refractivity (Wildman–Crippen MR) is 92.2 cm³/mol. The molecule has 0 amide bonds. The number of esters is 1. The van der Waals surface area contributed by atoms with E-state index in [-0.39, 0.29) is 17.7 Å². The van der Waals surface area contributed by atoms with Gasteiger partial charge in [-0.1, -0.05) is 0 Å². The Hall–Kier alpha value is -2.08. The zero-order valence-electron chi connectivity index (χ0n) is 14.4. The number of nitrogens with zero attached hydrogens (tertiary/aromatic N) is 1. The lowest BCUT2D eigenvalue weighted by Crippen LogP contribution is -2.39. The van der Waals surface area contributed by atoms with E-state index in [1.54, 1.807) is 18.2 Å². The van der Waals surface area contributed by atoms with Crippen molar-refractivity contribution in [1.29, 1.82) is 0 Å². The van der Waals surface area contributed by atoms with Crippen molar-refractivity contribution in [3.05, 3.63) is 23.8 Å². The van der Waals surface area contributed by atoms with Crippen molar-refractivity contribution in [3.63, 3.8) is 0 Å². The number of anilines is 1. The Kier molecular flexibility index (Phi) is 6.61. The highest BCUT2D eigenvalue weighted by molar-refractivity contribution is 5.98. The van der Waals surface area contributed by atoms with Crippen LogP contribution < -0.4 is 10.5 Å². The molecule has 1 aliphatic rings. The van der Waals surface area contributed by atoms with Gasteiger partial charge in [0.1, 0.15) is 5.75 Å². The average Bonchev–Trinajstić information content (AvgIpc) is 2.57. The fourth-order valence-corrected chi connectivity index (χ4v) is 2.89. The van der Waals surface area contributed by atoms with Crippen molar-refractivity contribution >= 4 is 17.4 Å². The molecule has 2 N–H and O–H groups in total. The molecule has 1 heterocycles. The summed E-state index contributed by atoms with van der Waals surface area (Å²) in [6.07, 6.45) is 1.47. The van der Waals surface area contributed by atoms with Crippen LogP contribution in [-0.4, -0.2) is 49.5 Å². The first-order valence-corrected chi connectivity index (χ1v) is 8.49. The monoisotopic (exact) mass is 334 g/mol. The number of carbonyl (C=O) groups excluding carboxylic acids is 2. The third-order valence-corrected chi connectivity index (χ3v) is 4.21. The number of ether oxygens (including phenoxy) is 2. The molecule has 1 aliphatic heterocycles. The van der Waals surface area contributed by atoms with Gasteiger partial charge in [-0.25, -0.2) is 0 Å². The number of nitrogen functional groups attached to an aromatic ring is 1. The summed E-state index contributed by atoms with van der Waals surface area (Å²) in [6.45, 7) is 6.43. The second kappa shape index (κ2) is 8.68. The highest BCUT2D eigenvalue weighted by atomic mass is 16.5. The average molecular weight is 334 g/mol. The normalized spacial score (nSPS) is 15.9. The molecule has 1 aromatic carbocycles. The molecular weight excluding hydrogens is 308 g/mol. The molecular formula is C18H26N2O4. The Morgan fingerprint density at radius 1 is 1.21 bits per heavy atom. The van der Waals surface area contributed by atoms with Gasteiger partial charge in [0.25, 0.3) is 0 Å². The summed E-state index contributed by atoms with van der Waals surface area (Å²) in [5, 5.41) is 0. The van der Waals surface area contributed by atoms with E-state index in [0.717, 1.165) is 25.9 Å². The van der Waals surface area contributed by atoms with Crippen molar-refractivity contribution in [3.8, 4) is 5.75 Å². The maximum Gasteiger partial charge on any atom is 0.309 e. The number of rotatable bonds is 7. The van der Waals surface area contributed by atoms with Gasteiger partial charge in [-0.2, -0.15) is 0 Å². The molecule has 0 bridgehead atoms. The minimum Gasteiger partial charge on any atom is -0.492 e. The number of nitrogens with two attached hydrogens (primary N) is 1. The number of piperidine rings is 1. The van der Waals surface area contributed by atoms with Crippen LogP contribution in [0, 0.1) is 5.92 Å². The Bertz CT molecular complexity index is 580. The first-order chi connectivity index (χ1) is 11.5. The molecule has 0 unspecified atom stereocenters. The molecule has 0 aliphatic carbocycles. The van der Waals surface area contributed by atoms with E-state index in [4.69, 9.17) is 15.2 Å². The number of hydrogen-bond donors (Lipinski definition) is 1. The molecule has 0 saturated carbocycles. The van der Waals surface area contributed by atoms with E-state index in [2.05, 4.69) is 4.90 Å². The van der Waals surface area contributed by atoms with Crippen molar-refractivity contribution in [1.82, 2.24) is 4.90 Å². The number of Topliss-reactive ketones (excluding diaryl/α,β-unsaturated/α-hetero) is 1. The standard InChI is InChI=1S/C18H26N2O4/c1-3-23-17-6-5-14(11-15(17)19)16(21)12-20-9-7-13(8-10-20)18(22)24-4-2/h5-6,11,13H,3-4,7-10,12,19H2,1-2H3. The summed E-state index contributed by atoms with van der Waals surface area (Å²) in [4.78, 5) is 26.2. The van der Waals surface area contributed by atoms with Crippen molar-refractivity contribution < 1.29 is 19.1 Å². The summed E-state index contributed by atoms with van der Waals surface area (Å²) in [7, 11) is 0. The van der Waals surface area contributed by atoms with Gasteiger partial charge in [-0.3, -0.25) is 14.5 Å². The van der Waals surface area contributed by atoms with Crippen molar-refractivity contribution in [2.75, 3.05) is 38.6 Å². The molecule has 1 saturated heterocycles. The molecule has 132 valence electrons. The fraction of sp³-hybridized carbons (Fsp3) is 0.556. The van der Waals surface area contributed by atoms with Crippen LogP contribution in [0.2, 0.25) is 0 Å². The molecule has 6 heteroatoms. The summed E-state index contributed by atoms with van der Waals surface area (Å²) in [6, 6.07) is 5.15. The largest absolute Gasteiger partial charge is 0.492 e. The number of likely N-dealkylation sites (tertiary alicyclic amines) is 1. The Morgan fingerprint density at radius 2 is 1.92 bits per heavy atom. The minimum atomic E-state index is -0.122. The molecule has 1 aromatic rings. The Balaban J connectivity index is 1.87. The van der Waals surface area contributed by atoms with Crippen LogP contribution in [0.4, 0.5) is 5.69 Å². The maximum absolute atomic E-state index is 12.4. The van der Waals surface area contributed by atoms with Gasteiger partial charge in [0.05, 0.1) is 31.4 Å². The first kappa shape index (κ1) is 18.3. The summed E-state index contributed by atoms with van der Waals surface area (Å²) >= 11 is 0. The van der Waals surface area contributed by atoms with Crippen LogP contribution in [-0.2, 0) is 9.53 Å². The predicted octanol–water partition coefficient (Wildman–Crippen LogP) is 2.13.